The number of aliphatic hydroxyl groups is 1. The number of β-amino-alcohol motifs (C(OH)–C–C–N with tert-alkyl or cyclic N) is 1. The molecule has 1 fully saturated rings. The number of carbonyl (C=O) groups excluding carboxylic acids is 1. The number of nitrogens with zero attached hydrogens (tertiary/aromatic N) is 3. The van der Waals surface area contributed by atoms with Gasteiger partial charge in [-0.25, -0.2) is 0 Å². The zero-order valence-corrected chi connectivity index (χ0v) is 38.0. The number of carbonyl (C=O) groups is 1. The van der Waals surface area contributed by atoms with Gasteiger partial charge < -0.3 is 19.6 Å². The zero-order valence-electron chi connectivity index (χ0n) is 38.0. The van der Waals surface area contributed by atoms with Gasteiger partial charge in [0.05, 0.1) is 6.10 Å². The van der Waals surface area contributed by atoms with Gasteiger partial charge in [0.1, 0.15) is 6.10 Å². The first-order chi connectivity index (χ1) is 27.0. The topological polar surface area (TPSA) is 56.3 Å². The van der Waals surface area contributed by atoms with Crippen molar-refractivity contribution in [1.82, 2.24) is 14.7 Å². The van der Waals surface area contributed by atoms with E-state index in [1.54, 1.807) is 0 Å². The summed E-state index contributed by atoms with van der Waals surface area (Å²) in [5.74, 6) is 0.0376. The molecule has 1 rings (SSSR count). The smallest absolute Gasteiger partial charge is 0.306 e. The second-order valence-electron chi connectivity index (χ2n) is 17.9. The SMILES string of the molecule is CCCCCCCCCCCCCCCCN(CCCCCCCC(=O)OC(CCCCCCCC)CCCCCCCC)CC(O)CN1CCN(C)CC1. The number of unbranched alkanes of at least 4 members (excludes halogenated alkanes) is 27. The van der Waals surface area contributed by atoms with Crippen LogP contribution in [0.1, 0.15) is 239 Å². The van der Waals surface area contributed by atoms with Crippen LogP contribution in [-0.2, 0) is 9.53 Å². The van der Waals surface area contributed by atoms with Gasteiger partial charge in [-0.3, -0.25) is 9.69 Å². The standard InChI is InChI=1S/C49H99N3O3/c1-5-8-11-14-17-18-19-20-21-22-23-24-29-34-39-51(45-47(53)46-52-43-41-50(4)42-44-52)40-35-30-25-28-33-38-49(54)55-48(36-31-26-15-12-9-6-2)37-32-27-16-13-10-7-3/h47-48,53H,5-46H2,1-4H3. The van der Waals surface area contributed by atoms with Gasteiger partial charge in [-0.05, 0) is 65.1 Å². The molecule has 328 valence electrons. The van der Waals surface area contributed by atoms with Gasteiger partial charge in [-0.15, -0.1) is 0 Å². The molecule has 0 radical (unpaired) electrons. The maximum Gasteiger partial charge on any atom is 0.306 e. The van der Waals surface area contributed by atoms with Crippen LogP contribution in [0.25, 0.3) is 0 Å². The summed E-state index contributed by atoms with van der Waals surface area (Å²) in [7, 11) is 2.20. The maximum atomic E-state index is 12.9. The Labute approximate surface area is 345 Å². The van der Waals surface area contributed by atoms with Crippen LogP contribution >= 0.6 is 0 Å². The van der Waals surface area contributed by atoms with Crippen molar-refractivity contribution in [1.29, 1.82) is 0 Å². The van der Waals surface area contributed by atoms with E-state index >= 15 is 0 Å². The fraction of sp³-hybridized carbons (Fsp3) is 0.980. The molecule has 1 aliphatic heterocycles. The molecule has 1 aliphatic rings. The first kappa shape index (κ1) is 52.3. The molecule has 0 bridgehead atoms. The van der Waals surface area contributed by atoms with Gasteiger partial charge in [0, 0.05) is 45.7 Å². The quantitative estimate of drug-likeness (QED) is 0.0492. The fourth-order valence-corrected chi connectivity index (χ4v) is 8.46. The van der Waals surface area contributed by atoms with E-state index in [0.29, 0.717) is 6.42 Å². The minimum Gasteiger partial charge on any atom is -0.462 e. The zero-order chi connectivity index (χ0) is 39.9. The van der Waals surface area contributed by atoms with Crippen molar-refractivity contribution in [3.8, 4) is 0 Å². The van der Waals surface area contributed by atoms with E-state index < -0.39 is 0 Å². The van der Waals surface area contributed by atoms with Crippen LogP contribution in [0.4, 0.5) is 0 Å². The minimum absolute atomic E-state index is 0.0376. The van der Waals surface area contributed by atoms with Crippen molar-refractivity contribution < 1.29 is 14.6 Å². The molecule has 0 spiro atoms. The van der Waals surface area contributed by atoms with Crippen molar-refractivity contribution in [2.24, 2.45) is 0 Å². The Kier molecular flexibility index (Phi) is 38.2. The number of hydrogen-bond acceptors (Lipinski definition) is 6. The Morgan fingerprint density at radius 2 is 0.891 bits per heavy atom. The number of esters is 1. The highest BCUT2D eigenvalue weighted by Gasteiger charge is 2.19. The van der Waals surface area contributed by atoms with Crippen LogP contribution in [0.2, 0.25) is 0 Å². The van der Waals surface area contributed by atoms with E-state index in [-0.39, 0.29) is 18.2 Å². The van der Waals surface area contributed by atoms with Crippen molar-refractivity contribution in [3.63, 3.8) is 0 Å². The predicted octanol–water partition coefficient (Wildman–Crippen LogP) is 13.1. The molecule has 1 unspecified atom stereocenters. The lowest BCUT2D eigenvalue weighted by Gasteiger charge is -2.34. The van der Waals surface area contributed by atoms with Crippen LogP contribution in [-0.4, -0.2) is 97.4 Å². The van der Waals surface area contributed by atoms with Crippen LogP contribution in [0.15, 0.2) is 0 Å². The van der Waals surface area contributed by atoms with Crippen molar-refractivity contribution in [3.05, 3.63) is 0 Å². The molecule has 0 amide bonds. The summed E-state index contributed by atoms with van der Waals surface area (Å²) < 4.78 is 6.09. The number of ether oxygens (including phenoxy) is 1. The predicted molar refractivity (Wildman–Crippen MR) is 240 cm³/mol. The highest BCUT2D eigenvalue weighted by atomic mass is 16.5. The third-order valence-corrected chi connectivity index (χ3v) is 12.3. The Morgan fingerprint density at radius 1 is 0.527 bits per heavy atom. The number of hydrogen-bond donors (Lipinski definition) is 1. The molecule has 0 aromatic rings. The third kappa shape index (κ3) is 35.0. The lowest BCUT2D eigenvalue weighted by atomic mass is 10.0. The molecule has 6 heteroatoms. The fourth-order valence-electron chi connectivity index (χ4n) is 8.46. The summed E-state index contributed by atoms with van der Waals surface area (Å²) in [6.07, 6.45) is 43.2. The average Bonchev–Trinajstić information content (AvgIpc) is 3.17. The molecule has 1 heterocycles. The van der Waals surface area contributed by atoms with Gasteiger partial charge in [-0.1, -0.05) is 188 Å². The van der Waals surface area contributed by atoms with Crippen LogP contribution in [0.5, 0.6) is 0 Å². The van der Waals surface area contributed by atoms with E-state index in [1.165, 1.54) is 186 Å². The molecular formula is C49H99N3O3. The maximum absolute atomic E-state index is 12.9. The Bertz CT molecular complexity index is 773. The molecule has 0 aromatic carbocycles. The van der Waals surface area contributed by atoms with E-state index in [0.717, 1.165) is 78.0 Å². The second kappa shape index (κ2) is 40.1. The lowest BCUT2D eigenvalue weighted by Crippen LogP contribution is -2.49. The molecule has 1 saturated heterocycles. The summed E-state index contributed by atoms with van der Waals surface area (Å²) in [5, 5.41) is 11.1. The average molecular weight is 778 g/mol. The highest BCUT2D eigenvalue weighted by molar-refractivity contribution is 5.69. The van der Waals surface area contributed by atoms with Gasteiger partial charge in [0.2, 0.25) is 0 Å². The van der Waals surface area contributed by atoms with Crippen LogP contribution < -0.4 is 0 Å². The molecule has 0 saturated carbocycles. The van der Waals surface area contributed by atoms with E-state index in [9.17, 15) is 9.90 Å². The van der Waals surface area contributed by atoms with Crippen LogP contribution in [0.3, 0.4) is 0 Å². The van der Waals surface area contributed by atoms with E-state index in [4.69, 9.17) is 4.74 Å². The summed E-state index contributed by atoms with van der Waals surface area (Å²) in [6, 6.07) is 0. The van der Waals surface area contributed by atoms with E-state index in [1.807, 2.05) is 0 Å². The van der Waals surface area contributed by atoms with Gasteiger partial charge in [0.25, 0.3) is 0 Å². The first-order valence-electron chi connectivity index (χ1n) is 25.0. The monoisotopic (exact) mass is 778 g/mol. The summed E-state index contributed by atoms with van der Waals surface area (Å²) in [4.78, 5) is 20.3. The minimum atomic E-state index is -0.271. The largest absolute Gasteiger partial charge is 0.462 e. The van der Waals surface area contributed by atoms with E-state index in [2.05, 4.69) is 42.5 Å². The summed E-state index contributed by atoms with van der Waals surface area (Å²) in [5.41, 5.74) is 0. The molecular weight excluding hydrogens is 679 g/mol. The molecule has 55 heavy (non-hydrogen) atoms. The Morgan fingerprint density at radius 3 is 1.31 bits per heavy atom. The third-order valence-electron chi connectivity index (χ3n) is 12.3. The van der Waals surface area contributed by atoms with Crippen molar-refractivity contribution in [2.45, 2.75) is 251 Å². The number of piperazine rings is 1. The van der Waals surface area contributed by atoms with Gasteiger partial charge in [-0.2, -0.15) is 0 Å². The van der Waals surface area contributed by atoms with Crippen LogP contribution in [0, 0.1) is 0 Å². The Balaban J connectivity index is 2.32. The molecule has 0 aliphatic carbocycles. The summed E-state index contributed by atoms with van der Waals surface area (Å²) >= 11 is 0. The Hall–Kier alpha value is -0.690. The number of rotatable bonds is 42. The summed E-state index contributed by atoms with van der Waals surface area (Å²) in [6.45, 7) is 15.0. The molecule has 1 N–H and O–H groups in total. The highest BCUT2D eigenvalue weighted by Crippen LogP contribution is 2.19. The van der Waals surface area contributed by atoms with Crippen molar-refractivity contribution >= 4 is 5.97 Å². The van der Waals surface area contributed by atoms with Crippen molar-refractivity contribution in [2.75, 3.05) is 59.4 Å². The second-order valence-corrected chi connectivity index (χ2v) is 17.9. The lowest BCUT2D eigenvalue weighted by molar-refractivity contribution is -0.150. The molecule has 1 atom stereocenters. The first-order valence-corrected chi connectivity index (χ1v) is 25.0. The van der Waals surface area contributed by atoms with Gasteiger partial charge >= 0.3 is 5.97 Å². The van der Waals surface area contributed by atoms with Gasteiger partial charge in [0.15, 0.2) is 0 Å². The normalized spacial score (nSPS) is 14.7. The number of likely N-dealkylation sites (N-methyl/N-ethyl adjacent to an activating group) is 1. The molecule has 0 aromatic heterocycles. The molecule has 6 nitrogen and oxygen atoms in total. The number of aliphatic hydroxyl groups excluding tert-OH is 1.